The lowest BCUT2D eigenvalue weighted by Crippen LogP contribution is -2.50. The highest BCUT2D eigenvalue weighted by Crippen LogP contribution is 2.24. The maximum absolute atomic E-state index is 13.8. The Morgan fingerprint density at radius 2 is 1.96 bits per heavy atom. The van der Waals surface area contributed by atoms with E-state index in [2.05, 4.69) is 10.3 Å². The van der Waals surface area contributed by atoms with E-state index in [4.69, 9.17) is 0 Å². The van der Waals surface area contributed by atoms with Gasteiger partial charge in [0.1, 0.15) is 23.3 Å². The molecular weight excluding hydrogens is 345 g/mol. The Labute approximate surface area is 157 Å². The van der Waals surface area contributed by atoms with Crippen molar-refractivity contribution < 1.29 is 9.18 Å². The number of hydrogen-bond donors (Lipinski definition) is 1. The average Bonchev–Trinajstić information content (AvgIpc) is 3.15. The van der Waals surface area contributed by atoms with Gasteiger partial charge in [0, 0.05) is 31.9 Å². The van der Waals surface area contributed by atoms with Gasteiger partial charge in [-0.05, 0) is 43.0 Å². The smallest absolute Gasteiger partial charge is 0.323 e. The molecule has 1 aromatic carbocycles. The fourth-order valence-corrected chi connectivity index (χ4v) is 3.72. The number of benzene rings is 1. The van der Waals surface area contributed by atoms with Gasteiger partial charge in [-0.25, -0.2) is 14.2 Å². The first-order valence-corrected chi connectivity index (χ1v) is 9.14. The Morgan fingerprint density at radius 1 is 1.15 bits per heavy atom. The number of pyridine rings is 1. The van der Waals surface area contributed by atoms with E-state index in [-0.39, 0.29) is 11.6 Å². The maximum atomic E-state index is 13.8. The molecule has 2 amide bonds. The maximum Gasteiger partial charge on any atom is 0.323 e. The third-order valence-corrected chi connectivity index (χ3v) is 5.17. The van der Waals surface area contributed by atoms with E-state index in [9.17, 15) is 14.4 Å². The van der Waals surface area contributed by atoms with Gasteiger partial charge in [0.25, 0.3) is 0 Å². The molecule has 0 saturated carbocycles. The van der Waals surface area contributed by atoms with Gasteiger partial charge in [-0.15, -0.1) is 0 Å². The quantitative estimate of drug-likeness (QED) is 0.888. The molecule has 2 heterocycles. The molecule has 0 radical (unpaired) electrons. The van der Waals surface area contributed by atoms with Crippen LogP contribution in [-0.2, 0) is 12.8 Å². The summed E-state index contributed by atoms with van der Waals surface area (Å²) in [6.45, 7) is 2.09. The first kappa shape index (κ1) is 17.3. The van der Waals surface area contributed by atoms with Crippen molar-refractivity contribution in [3.8, 4) is 6.07 Å². The fraction of sp³-hybridized carbons (Fsp3) is 0.350. The number of carbonyl (C=O) groups excluding carboxylic acids is 1. The highest BCUT2D eigenvalue weighted by molar-refractivity contribution is 5.88. The van der Waals surface area contributed by atoms with E-state index in [0.29, 0.717) is 37.7 Å². The highest BCUT2D eigenvalue weighted by atomic mass is 19.1. The third-order valence-electron chi connectivity index (χ3n) is 5.17. The van der Waals surface area contributed by atoms with Crippen LogP contribution < -0.4 is 10.2 Å². The molecule has 1 aliphatic carbocycles. The molecule has 138 valence electrons. The highest BCUT2D eigenvalue weighted by Gasteiger charge is 2.24. The number of nitrogens with zero attached hydrogens (tertiary/aromatic N) is 4. The second-order valence-electron chi connectivity index (χ2n) is 6.81. The number of piperazine rings is 1. The molecule has 1 N–H and O–H groups in total. The molecule has 6 nitrogen and oxygen atoms in total. The summed E-state index contributed by atoms with van der Waals surface area (Å²) >= 11 is 0. The Balaban J connectivity index is 1.39. The van der Waals surface area contributed by atoms with Crippen LogP contribution >= 0.6 is 0 Å². The summed E-state index contributed by atoms with van der Waals surface area (Å²) in [5, 5.41) is 12.1. The van der Waals surface area contributed by atoms with Crippen molar-refractivity contribution in [3.63, 3.8) is 0 Å². The van der Waals surface area contributed by atoms with Gasteiger partial charge >= 0.3 is 6.03 Å². The molecule has 0 atom stereocenters. The molecule has 0 unspecified atom stereocenters. The Hall–Kier alpha value is -3.14. The molecule has 2 aliphatic rings. The third kappa shape index (κ3) is 3.43. The first-order chi connectivity index (χ1) is 13.2. The average molecular weight is 365 g/mol. The summed E-state index contributed by atoms with van der Waals surface area (Å²) in [6, 6.07) is 10.3. The predicted octanol–water partition coefficient (Wildman–Crippen LogP) is 2.94. The Morgan fingerprint density at radius 3 is 2.74 bits per heavy atom. The van der Waals surface area contributed by atoms with Crippen LogP contribution in [0.3, 0.4) is 0 Å². The molecule has 7 heteroatoms. The minimum absolute atomic E-state index is 0.0535. The fourth-order valence-electron chi connectivity index (χ4n) is 3.72. The summed E-state index contributed by atoms with van der Waals surface area (Å²) in [5.74, 6) is 0.0674. The number of rotatable bonds is 2. The number of aromatic nitrogens is 1. The topological polar surface area (TPSA) is 72.3 Å². The number of anilines is 2. The van der Waals surface area contributed by atoms with Crippen LogP contribution in [0.2, 0.25) is 0 Å². The van der Waals surface area contributed by atoms with Crippen LogP contribution in [0.5, 0.6) is 0 Å². The largest absolute Gasteiger partial charge is 0.367 e. The minimum Gasteiger partial charge on any atom is -0.367 e. The molecule has 1 fully saturated rings. The van der Waals surface area contributed by atoms with Gasteiger partial charge < -0.3 is 9.80 Å². The van der Waals surface area contributed by atoms with Crippen molar-refractivity contribution in [2.24, 2.45) is 0 Å². The number of hydrogen-bond acceptors (Lipinski definition) is 4. The summed E-state index contributed by atoms with van der Waals surface area (Å²) in [4.78, 5) is 20.7. The number of fused-ring (bicyclic) bond motifs is 1. The minimum atomic E-state index is -0.516. The molecule has 27 heavy (non-hydrogen) atoms. The van der Waals surface area contributed by atoms with Crippen molar-refractivity contribution in [1.82, 2.24) is 9.88 Å². The van der Waals surface area contributed by atoms with E-state index in [0.717, 1.165) is 25.0 Å². The zero-order valence-corrected chi connectivity index (χ0v) is 14.9. The number of amides is 2. The number of aryl methyl sites for hydroxylation is 2. The van der Waals surface area contributed by atoms with E-state index in [1.54, 1.807) is 17.0 Å². The summed E-state index contributed by atoms with van der Waals surface area (Å²) in [7, 11) is 0. The normalized spacial score (nSPS) is 16.0. The number of halogens is 1. The number of carbonyl (C=O) groups is 1. The van der Waals surface area contributed by atoms with E-state index >= 15 is 0 Å². The van der Waals surface area contributed by atoms with Crippen molar-refractivity contribution in [1.29, 1.82) is 5.26 Å². The SMILES string of the molecule is N#Cc1c(F)cccc1N1CCN(C(=O)Nc2ccc3c(n2)CCC3)CC1. The van der Waals surface area contributed by atoms with Gasteiger partial charge in [-0.2, -0.15) is 5.26 Å². The first-order valence-electron chi connectivity index (χ1n) is 9.14. The van der Waals surface area contributed by atoms with Crippen LogP contribution in [0.4, 0.5) is 20.7 Å². The van der Waals surface area contributed by atoms with Crippen LogP contribution in [-0.4, -0.2) is 42.1 Å². The summed E-state index contributed by atoms with van der Waals surface area (Å²) in [5.41, 5.74) is 2.98. The van der Waals surface area contributed by atoms with Crippen LogP contribution in [0, 0.1) is 17.1 Å². The summed E-state index contributed by atoms with van der Waals surface area (Å²) in [6.07, 6.45) is 3.14. The number of nitrogens with one attached hydrogen (secondary N) is 1. The molecule has 2 aromatic rings. The Kier molecular flexibility index (Phi) is 4.63. The van der Waals surface area contributed by atoms with E-state index < -0.39 is 5.82 Å². The molecule has 0 bridgehead atoms. The van der Waals surface area contributed by atoms with Gasteiger partial charge in [0.2, 0.25) is 0 Å². The second-order valence-corrected chi connectivity index (χ2v) is 6.81. The molecule has 0 spiro atoms. The molecule has 1 aliphatic heterocycles. The zero-order valence-electron chi connectivity index (χ0n) is 14.9. The molecule has 1 aromatic heterocycles. The monoisotopic (exact) mass is 365 g/mol. The predicted molar refractivity (Wildman–Crippen MR) is 100 cm³/mol. The summed E-state index contributed by atoms with van der Waals surface area (Å²) < 4.78 is 13.8. The van der Waals surface area contributed by atoms with Gasteiger partial charge in [-0.1, -0.05) is 12.1 Å². The lowest BCUT2D eigenvalue weighted by Gasteiger charge is -2.36. The zero-order chi connectivity index (χ0) is 18.8. The second kappa shape index (κ2) is 7.23. The van der Waals surface area contributed by atoms with Crippen molar-refractivity contribution in [3.05, 3.63) is 53.0 Å². The van der Waals surface area contributed by atoms with Crippen LogP contribution in [0.1, 0.15) is 23.2 Å². The number of nitriles is 1. The van der Waals surface area contributed by atoms with Crippen LogP contribution in [0.25, 0.3) is 0 Å². The molecule has 4 rings (SSSR count). The standard InChI is InChI=1S/C20H20FN5O/c21-16-4-2-6-18(15(16)13-22)25-9-11-26(12-10-25)20(27)24-19-8-7-14-3-1-5-17(14)23-19/h2,4,6-8H,1,3,5,9-12H2,(H,23,24,27). The van der Waals surface area contributed by atoms with Gasteiger partial charge in [0.15, 0.2) is 0 Å². The van der Waals surface area contributed by atoms with Crippen molar-refractivity contribution >= 4 is 17.5 Å². The van der Waals surface area contributed by atoms with E-state index in [1.807, 2.05) is 23.1 Å². The molecule has 1 saturated heterocycles. The van der Waals surface area contributed by atoms with Crippen molar-refractivity contribution in [2.45, 2.75) is 19.3 Å². The van der Waals surface area contributed by atoms with Crippen molar-refractivity contribution in [2.75, 3.05) is 36.4 Å². The lowest BCUT2D eigenvalue weighted by molar-refractivity contribution is 0.208. The van der Waals surface area contributed by atoms with E-state index in [1.165, 1.54) is 11.6 Å². The number of urea groups is 1. The lowest BCUT2D eigenvalue weighted by atomic mass is 10.1. The van der Waals surface area contributed by atoms with Gasteiger partial charge in [0.05, 0.1) is 5.69 Å². The molecular formula is C20H20FN5O. The Bertz CT molecular complexity index is 915. The van der Waals surface area contributed by atoms with Crippen LogP contribution in [0.15, 0.2) is 30.3 Å². The van der Waals surface area contributed by atoms with Gasteiger partial charge in [-0.3, -0.25) is 5.32 Å².